The van der Waals surface area contributed by atoms with Gasteiger partial charge in [-0.25, -0.2) is 0 Å². The zero-order valence-electron chi connectivity index (χ0n) is 9.05. The summed E-state index contributed by atoms with van der Waals surface area (Å²) >= 11 is 7.30. The second-order valence-electron chi connectivity index (χ2n) is 3.50. The topological polar surface area (TPSA) is 29.1 Å². The van der Waals surface area contributed by atoms with Gasteiger partial charge >= 0.3 is 0 Å². The molecule has 0 aliphatic rings. The first kappa shape index (κ1) is 12.5. The van der Waals surface area contributed by atoms with E-state index in [1.54, 1.807) is 11.3 Å². The van der Waals surface area contributed by atoms with Gasteiger partial charge in [0.1, 0.15) is 0 Å². The molecule has 1 heterocycles. The van der Waals surface area contributed by atoms with Gasteiger partial charge in [-0.1, -0.05) is 13.8 Å². The molecule has 1 aromatic rings. The zero-order chi connectivity index (χ0) is 11.3. The summed E-state index contributed by atoms with van der Waals surface area (Å²) in [6.07, 6.45) is 1.01. The van der Waals surface area contributed by atoms with Gasteiger partial charge in [-0.05, 0) is 23.4 Å². The Kier molecular flexibility index (Phi) is 5.12. The number of carbonyl (C=O) groups is 1. The van der Waals surface area contributed by atoms with Gasteiger partial charge in [0.05, 0.1) is 6.54 Å². The van der Waals surface area contributed by atoms with Gasteiger partial charge in [0.15, 0.2) is 0 Å². The van der Waals surface area contributed by atoms with E-state index in [9.17, 15) is 4.79 Å². The number of halogens is 1. The van der Waals surface area contributed by atoms with Crippen LogP contribution < -0.4 is 5.32 Å². The van der Waals surface area contributed by atoms with Gasteiger partial charge in [-0.3, -0.25) is 4.79 Å². The Morgan fingerprint density at radius 3 is 3.00 bits per heavy atom. The summed E-state index contributed by atoms with van der Waals surface area (Å²) in [6, 6.07) is 2.11. The number of rotatable bonds is 5. The number of nitrogens with one attached hydrogen (secondary N) is 1. The van der Waals surface area contributed by atoms with Gasteiger partial charge in [0, 0.05) is 16.7 Å². The fourth-order valence-electron chi connectivity index (χ4n) is 1.25. The minimum Gasteiger partial charge on any atom is -0.351 e. The van der Waals surface area contributed by atoms with Crippen LogP contribution in [-0.2, 0) is 17.8 Å². The second-order valence-corrected chi connectivity index (χ2v) is 4.80. The summed E-state index contributed by atoms with van der Waals surface area (Å²) in [7, 11) is 0. The van der Waals surface area contributed by atoms with Crippen LogP contribution in [0.25, 0.3) is 0 Å². The summed E-state index contributed by atoms with van der Waals surface area (Å²) in [5, 5.41) is 4.96. The van der Waals surface area contributed by atoms with Crippen LogP contribution in [0.4, 0.5) is 0 Å². The smallest absolute Gasteiger partial charge is 0.224 e. The monoisotopic (exact) mass is 245 g/mol. The van der Waals surface area contributed by atoms with Crippen LogP contribution in [0.15, 0.2) is 11.4 Å². The van der Waals surface area contributed by atoms with Crippen molar-refractivity contribution in [3.63, 3.8) is 0 Å². The van der Waals surface area contributed by atoms with Crippen molar-refractivity contribution in [1.29, 1.82) is 0 Å². The first-order valence-corrected chi connectivity index (χ1v) is 6.49. The van der Waals surface area contributed by atoms with Crippen molar-refractivity contribution in [2.45, 2.75) is 26.8 Å². The van der Waals surface area contributed by atoms with Gasteiger partial charge in [-0.2, -0.15) is 0 Å². The van der Waals surface area contributed by atoms with Crippen molar-refractivity contribution in [2.24, 2.45) is 5.92 Å². The van der Waals surface area contributed by atoms with E-state index in [0.29, 0.717) is 12.4 Å². The number of alkyl halides is 1. The Morgan fingerprint density at radius 2 is 2.40 bits per heavy atom. The highest BCUT2D eigenvalue weighted by molar-refractivity contribution is 7.10. The van der Waals surface area contributed by atoms with E-state index in [4.69, 9.17) is 11.6 Å². The van der Waals surface area contributed by atoms with Crippen molar-refractivity contribution in [3.8, 4) is 0 Å². The van der Waals surface area contributed by atoms with Crippen molar-refractivity contribution < 1.29 is 4.79 Å². The first-order chi connectivity index (χ1) is 7.19. The maximum Gasteiger partial charge on any atom is 0.224 e. The van der Waals surface area contributed by atoms with Crippen molar-refractivity contribution >= 4 is 28.8 Å². The van der Waals surface area contributed by atoms with E-state index >= 15 is 0 Å². The van der Waals surface area contributed by atoms with E-state index in [1.165, 1.54) is 10.4 Å². The highest BCUT2D eigenvalue weighted by Gasteiger charge is 2.11. The molecule has 1 unspecified atom stereocenters. The number of thiophene rings is 1. The fourth-order valence-corrected chi connectivity index (χ4v) is 2.30. The van der Waals surface area contributed by atoms with Crippen LogP contribution in [0.3, 0.4) is 0 Å². The number of aryl methyl sites for hydroxylation is 1. The SMILES string of the molecule is CCc1ccsc1CNC(=O)C(C)CCl. The molecule has 0 aromatic carbocycles. The highest BCUT2D eigenvalue weighted by Crippen LogP contribution is 2.17. The summed E-state index contributed by atoms with van der Waals surface area (Å²) in [5.41, 5.74) is 1.32. The van der Waals surface area contributed by atoms with Crippen molar-refractivity contribution in [3.05, 3.63) is 21.9 Å². The summed E-state index contributed by atoms with van der Waals surface area (Å²) in [5.74, 6) is 0.286. The third kappa shape index (κ3) is 3.50. The molecule has 0 radical (unpaired) electrons. The molecule has 0 bridgehead atoms. The van der Waals surface area contributed by atoms with Crippen molar-refractivity contribution in [1.82, 2.24) is 5.32 Å². The molecular weight excluding hydrogens is 230 g/mol. The Balaban J connectivity index is 2.47. The van der Waals surface area contributed by atoms with Crippen LogP contribution in [0, 0.1) is 5.92 Å². The Morgan fingerprint density at radius 1 is 1.67 bits per heavy atom. The van der Waals surface area contributed by atoms with E-state index in [-0.39, 0.29) is 11.8 Å². The lowest BCUT2D eigenvalue weighted by Gasteiger charge is -2.09. The van der Waals surface area contributed by atoms with E-state index < -0.39 is 0 Å². The van der Waals surface area contributed by atoms with E-state index in [0.717, 1.165) is 6.42 Å². The molecule has 0 aliphatic carbocycles. The minimum absolute atomic E-state index is 0.0282. The molecule has 0 spiro atoms. The number of hydrogen-bond acceptors (Lipinski definition) is 2. The maximum atomic E-state index is 11.5. The van der Waals surface area contributed by atoms with Crippen LogP contribution in [-0.4, -0.2) is 11.8 Å². The Bertz CT molecular complexity index is 324. The van der Waals surface area contributed by atoms with Gasteiger partial charge < -0.3 is 5.32 Å². The maximum absolute atomic E-state index is 11.5. The lowest BCUT2D eigenvalue weighted by molar-refractivity contribution is -0.124. The molecule has 0 fully saturated rings. The normalized spacial score (nSPS) is 12.5. The lowest BCUT2D eigenvalue weighted by atomic mass is 10.2. The molecule has 0 aliphatic heterocycles. The third-order valence-corrected chi connectivity index (χ3v) is 3.75. The molecular formula is C11H16ClNOS. The molecule has 1 amide bonds. The zero-order valence-corrected chi connectivity index (χ0v) is 10.6. The number of amides is 1. The molecule has 1 rings (SSSR count). The molecule has 0 saturated heterocycles. The molecule has 0 saturated carbocycles. The van der Waals surface area contributed by atoms with Crippen LogP contribution in [0.1, 0.15) is 24.3 Å². The predicted octanol–water partition coefficient (Wildman–Crippen LogP) is 2.80. The highest BCUT2D eigenvalue weighted by atomic mass is 35.5. The van der Waals surface area contributed by atoms with Crippen molar-refractivity contribution in [2.75, 3.05) is 5.88 Å². The van der Waals surface area contributed by atoms with Gasteiger partial charge in [-0.15, -0.1) is 22.9 Å². The number of carbonyl (C=O) groups excluding carboxylic acids is 1. The molecule has 1 N–H and O–H groups in total. The van der Waals surface area contributed by atoms with Crippen LogP contribution in [0.2, 0.25) is 0 Å². The first-order valence-electron chi connectivity index (χ1n) is 5.08. The lowest BCUT2D eigenvalue weighted by Crippen LogP contribution is -2.29. The second kappa shape index (κ2) is 6.13. The molecule has 15 heavy (non-hydrogen) atoms. The van der Waals surface area contributed by atoms with Gasteiger partial charge in [0.25, 0.3) is 0 Å². The van der Waals surface area contributed by atoms with E-state index in [2.05, 4.69) is 23.7 Å². The van der Waals surface area contributed by atoms with E-state index in [1.807, 2.05) is 6.92 Å². The molecule has 2 nitrogen and oxygen atoms in total. The summed E-state index contributed by atoms with van der Waals surface area (Å²) in [4.78, 5) is 12.7. The van der Waals surface area contributed by atoms with Crippen LogP contribution >= 0.6 is 22.9 Å². The molecule has 1 aromatic heterocycles. The molecule has 4 heteroatoms. The molecule has 1 atom stereocenters. The van der Waals surface area contributed by atoms with Gasteiger partial charge in [0.2, 0.25) is 5.91 Å². The quantitative estimate of drug-likeness (QED) is 0.795. The predicted molar refractivity (Wildman–Crippen MR) is 65.4 cm³/mol. The largest absolute Gasteiger partial charge is 0.351 e. The number of hydrogen-bond donors (Lipinski definition) is 1. The summed E-state index contributed by atoms with van der Waals surface area (Å²) in [6.45, 7) is 4.58. The minimum atomic E-state index is -0.114. The average molecular weight is 246 g/mol. The third-order valence-electron chi connectivity index (χ3n) is 2.32. The van der Waals surface area contributed by atoms with Crippen LogP contribution in [0.5, 0.6) is 0 Å². The summed E-state index contributed by atoms with van der Waals surface area (Å²) < 4.78 is 0. The Hall–Kier alpha value is -0.540. The standard InChI is InChI=1S/C11H16ClNOS/c1-3-9-4-5-15-10(9)7-13-11(14)8(2)6-12/h4-5,8H,3,6-7H2,1-2H3,(H,13,14). The average Bonchev–Trinajstić information content (AvgIpc) is 2.71. The Labute approximate surface area is 99.6 Å². The molecule has 84 valence electrons. The fraction of sp³-hybridized carbons (Fsp3) is 0.545.